The first-order valence-electron chi connectivity index (χ1n) is 9.41. The summed E-state index contributed by atoms with van der Waals surface area (Å²) in [6.45, 7) is 1.57. The molecule has 0 spiro atoms. The number of sulfonamides is 1. The van der Waals surface area contributed by atoms with E-state index in [2.05, 4.69) is 0 Å². The van der Waals surface area contributed by atoms with Crippen molar-refractivity contribution >= 4 is 27.8 Å². The summed E-state index contributed by atoms with van der Waals surface area (Å²) in [5.41, 5.74) is -0.143. The summed E-state index contributed by atoms with van der Waals surface area (Å²) in [4.78, 5) is 26.8. The van der Waals surface area contributed by atoms with Crippen LogP contribution in [0.15, 0.2) is 59.5 Å². The molecule has 2 aromatic carbocycles. The third-order valence-electron chi connectivity index (χ3n) is 5.88. The van der Waals surface area contributed by atoms with Crippen molar-refractivity contribution in [2.24, 2.45) is 0 Å². The average molecular weight is 430 g/mol. The Balaban J connectivity index is 1.95. The molecule has 1 fully saturated rings. The van der Waals surface area contributed by atoms with Gasteiger partial charge in [-0.15, -0.1) is 0 Å². The van der Waals surface area contributed by atoms with Crippen LogP contribution in [0.3, 0.4) is 0 Å². The van der Waals surface area contributed by atoms with E-state index in [9.17, 15) is 18.0 Å². The van der Waals surface area contributed by atoms with E-state index >= 15 is 0 Å². The van der Waals surface area contributed by atoms with Crippen LogP contribution in [0.5, 0.6) is 0 Å². The molecule has 0 saturated carbocycles. The summed E-state index contributed by atoms with van der Waals surface area (Å²) in [6.07, 6.45) is -1.54. The van der Waals surface area contributed by atoms with E-state index in [4.69, 9.17) is 9.47 Å². The van der Waals surface area contributed by atoms with Gasteiger partial charge >= 0.3 is 12.1 Å². The summed E-state index contributed by atoms with van der Waals surface area (Å²) >= 11 is 0. The van der Waals surface area contributed by atoms with Gasteiger partial charge in [0.25, 0.3) is 10.0 Å². The molecule has 30 heavy (non-hydrogen) atoms. The Labute approximate surface area is 175 Å². The van der Waals surface area contributed by atoms with E-state index in [0.29, 0.717) is 5.69 Å². The third-order valence-corrected chi connectivity index (χ3v) is 7.68. The number of hydrogen-bond donors (Lipinski definition) is 0. The van der Waals surface area contributed by atoms with Crippen molar-refractivity contribution in [1.82, 2.24) is 4.90 Å². The molecule has 0 aromatic heterocycles. The smallest absolute Gasteiger partial charge is 0.412 e. The Hall–Kier alpha value is -3.07. The molecular formula is C21H22N2O6S. The van der Waals surface area contributed by atoms with Gasteiger partial charge in [-0.25, -0.2) is 22.3 Å². The quantitative estimate of drug-likeness (QED) is 0.695. The highest BCUT2D eigenvalue weighted by atomic mass is 32.2. The molecule has 3 atom stereocenters. The second-order valence-corrected chi connectivity index (χ2v) is 9.32. The fraction of sp³-hybridized carbons (Fsp3) is 0.333. The zero-order valence-corrected chi connectivity index (χ0v) is 17.6. The fourth-order valence-corrected chi connectivity index (χ4v) is 6.25. The van der Waals surface area contributed by atoms with Crippen LogP contribution in [0.4, 0.5) is 10.5 Å². The number of methoxy groups -OCH3 is 2. The van der Waals surface area contributed by atoms with Crippen LogP contribution in [0.2, 0.25) is 0 Å². The second kappa shape index (κ2) is 7.02. The number of carbonyl (C=O) groups is 2. The van der Waals surface area contributed by atoms with Gasteiger partial charge in [0, 0.05) is 5.92 Å². The van der Waals surface area contributed by atoms with Crippen molar-refractivity contribution in [2.75, 3.05) is 18.5 Å². The largest absolute Gasteiger partial charge is 0.467 e. The standard InChI is InChI=1S/C21H22N2O6S/c1-21(19(24)28-2)13-16-15-11-7-8-12-17(15)23(18(16)22(21)20(25)29-3)30(26,27)14-9-5-4-6-10-14/h4-12,16,18H,13H2,1-3H3/t16-,18+,21+/m1/s1. The predicted octanol–water partition coefficient (Wildman–Crippen LogP) is 2.71. The molecular weight excluding hydrogens is 408 g/mol. The Kier molecular flexibility index (Phi) is 4.73. The molecule has 1 amide bonds. The number of rotatable bonds is 3. The maximum atomic E-state index is 13.7. The molecule has 0 N–H and O–H groups in total. The Morgan fingerprint density at radius 3 is 2.27 bits per heavy atom. The fourth-order valence-electron chi connectivity index (χ4n) is 4.57. The van der Waals surface area contributed by atoms with E-state index in [1.807, 2.05) is 12.1 Å². The molecule has 4 rings (SSSR count). The number of benzene rings is 2. The Bertz CT molecular complexity index is 1100. The van der Waals surface area contributed by atoms with Gasteiger partial charge in [0.05, 0.1) is 24.8 Å². The van der Waals surface area contributed by atoms with Crippen LogP contribution < -0.4 is 4.31 Å². The van der Waals surface area contributed by atoms with E-state index in [1.54, 1.807) is 37.3 Å². The molecule has 1 saturated heterocycles. The van der Waals surface area contributed by atoms with Gasteiger partial charge in [-0.2, -0.15) is 0 Å². The molecule has 9 heteroatoms. The van der Waals surface area contributed by atoms with Crippen LogP contribution in [0, 0.1) is 0 Å². The summed E-state index contributed by atoms with van der Waals surface area (Å²) in [5, 5.41) is 0. The van der Waals surface area contributed by atoms with Gasteiger partial charge < -0.3 is 9.47 Å². The number of ether oxygens (including phenoxy) is 2. The second-order valence-electron chi connectivity index (χ2n) is 7.50. The Morgan fingerprint density at radius 2 is 1.63 bits per heavy atom. The number of carbonyl (C=O) groups excluding carboxylic acids is 2. The number of esters is 1. The first-order chi connectivity index (χ1) is 14.3. The van der Waals surface area contributed by atoms with Gasteiger partial charge in [0.1, 0.15) is 11.7 Å². The highest BCUT2D eigenvalue weighted by Crippen LogP contribution is 2.55. The van der Waals surface area contributed by atoms with Crippen molar-refractivity contribution in [1.29, 1.82) is 0 Å². The number of nitrogens with zero attached hydrogens (tertiary/aromatic N) is 2. The van der Waals surface area contributed by atoms with Crippen LogP contribution in [0.25, 0.3) is 0 Å². The van der Waals surface area contributed by atoms with E-state index in [1.165, 1.54) is 35.6 Å². The predicted molar refractivity (Wildman–Crippen MR) is 108 cm³/mol. The topological polar surface area (TPSA) is 93.2 Å². The molecule has 8 nitrogen and oxygen atoms in total. The Morgan fingerprint density at radius 1 is 1.00 bits per heavy atom. The lowest BCUT2D eigenvalue weighted by Crippen LogP contribution is -2.59. The zero-order valence-electron chi connectivity index (χ0n) is 16.8. The number of fused-ring (bicyclic) bond motifs is 3. The van der Waals surface area contributed by atoms with Gasteiger partial charge in [0.2, 0.25) is 0 Å². The third kappa shape index (κ3) is 2.68. The van der Waals surface area contributed by atoms with Crippen molar-refractivity contribution in [3.8, 4) is 0 Å². The van der Waals surface area contributed by atoms with Crippen LogP contribution in [-0.2, 0) is 24.3 Å². The van der Waals surface area contributed by atoms with Gasteiger partial charge in [0.15, 0.2) is 0 Å². The SMILES string of the molecule is COC(=O)N1[C@@H]2[C@H](C[C@@]1(C)C(=O)OC)c1ccccc1N2S(=O)(=O)c1ccccc1. The zero-order chi connectivity index (χ0) is 21.7. The lowest BCUT2D eigenvalue weighted by molar-refractivity contribution is -0.152. The summed E-state index contributed by atoms with van der Waals surface area (Å²) < 4.78 is 38.5. The molecule has 2 aromatic rings. The lowest BCUT2D eigenvalue weighted by Gasteiger charge is -2.38. The highest BCUT2D eigenvalue weighted by molar-refractivity contribution is 7.92. The van der Waals surface area contributed by atoms with E-state index in [-0.39, 0.29) is 11.3 Å². The number of amides is 1. The van der Waals surface area contributed by atoms with E-state index < -0.39 is 39.7 Å². The number of hydrogen-bond acceptors (Lipinski definition) is 6. The molecule has 2 heterocycles. The van der Waals surface area contributed by atoms with Crippen LogP contribution >= 0.6 is 0 Å². The monoisotopic (exact) mass is 430 g/mol. The molecule has 0 bridgehead atoms. The van der Waals surface area contributed by atoms with E-state index in [0.717, 1.165) is 5.56 Å². The summed E-state index contributed by atoms with van der Waals surface area (Å²) in [6, 6.07) is 15.1. The van der Waals surface area contributed by atoms with Gasteiger partial charge in [-0.05, 0) is 37.1 Å². The van der Waals surface area contributed by atoms with Crippen molar-refractivity contribution in [2.45, 2.75) is 35.9 Å². The molecule has 0 unspecified atom stereocenters. The minimum Gasteiger partial charge on any atom is -0.467 e. The molecule has 158 valence electrons. The van der Waals surface area contributed by atoms with Crippen molar-refractivity contribution in [3.05, 3.63) is 60.2 Å². The average Bonchev–Trinajstić information content (AvgIpc) is 3.24. The van der Waals surface area contributed by atoms with Gasteiger partial charge in [-0.1, -0.05) is 36.4 Å². The number of likely N-dealkylation sites (tertiary alicyclic amines) is 1. The summed E-state index contributed by atoms with van der Waals surface area (Å²) in [5.74, 6) is -1.04. The number of para-hydroxylation sites is 1. The van der Waals surface area contributed by atoms with Crippen molar-refractivity contribution < 1.29 is 27.5 Å². The minimum atomic E-state index is -4.03. The minimum absolute atomic E-state index is 0.0944. The summed E-state index contributed by atoms with van der Waals surface area (Å²) in [7, 11) is -1.59. The lowest BCUT2D eigenvalue weighted by atomic mass is 9.90. The first-order valence-corrected chi connectivity index (χ1v) is 10.9. The van der Waals surface area contributed by atoms with Crippen LogP contribution in [0.1, 0.15) is 24.8 Å². The molecule has 0 aliphatic carbocycles. The molecule has 2 aliphatic heterocycles. The normalized spacial score (nSPS) is 24.9. The number of anilines is 1. The first kappa shape index (κ1) is 20.2. The van der Waals surface area contributed by atoms with Gasteiger partial charge in [-0.3, -0.25) is 4.90 Å². The van der Waals surface area contributed by atoms with Crippen molar-refractivity contribution in [3.63, 3.8) is 0 Å². The molecule has 0 radical (unpaired) electrons. The maximum absolute atomic E-state index is 13.7. The highest BCUT2D eigenvalue weighted by Gasteiger charge is 2.63. The molecule has 2 aliphatic rings. The maximum Gasteiger partial charge on any atom is 0.412 e. The van der Waals surface area contributed by atoms with Crippen LogP contribution in [-0.4, -0.2) is 51.3 Å².